The fourth-order valence-electron chi connectivity index (χ4n) is 2.51. The molecule has 1 aromatic heterocycles. The van der Waals surface area contributed by atoms with Gasteiger partial charge in [0.15, 0.2) is 5.82 Å². The van der Waals surface area contributed by atoms with Crippen molar-refractivity contribution >= 4 is 11.8 Å². The molecule has 0 saturated carbocycles. The van der Waals surface area contributed by atoms with E-state index in [4.69, 9.17) is 15.0 Å². The molecule has 0 atom stereocenters. The number of nitrogens with one attached hydrogen (secondary N) is 1. The molecule has 2 rings (SSSR count). The molecule has 3 N–H and O–H groups in total. The number of primary amides is 1. The molecular weight excluding hydrogens is 312 g/mol. The van der Waals surface area contributed by atoms with E-state index in [1.54, 1.807) is 0 Å². The van der Waals surface area contributed by atoms with E-state index in [1.807, 2.05) is 20.8 Å². The highest BCUT2D eigenvalue weighted by Crippen LogP contribution is 2.29. The number of aromatic nitrogens is 2. The molecule has 0 radical (unpaired) electrons. The summed E-state index contributed by atoms with van der Waals surface area (Å²) >= 11 is 0. The number of nitrogens with two attached hydrogens (primary N) is 1. The van der Waals surface area contributed by atoms with E-state index < -0.39 is 11.3 Å². The van der Waals surface area contributed by atoms with Crippen molar-refractivity contribution in [2.45, 2.75) is 51.9 Å². The molecule has 0 aromatic carbocycles. The van der Waals surface area contributed by atoms with Gasteiger partial charge < -0.3 is 20.3 Å². The van der Waals surface area contributed by atoms with Crippen molar-refractivity contribution in [3.63, 3.8) is 0 Å². The fourth-order valence-corrected chi connectivity index (χ4v) is 2.51. The SMILES string of the molecule is CC(C)(C)c1noc(CCC(=O)NCC2(C(N)=O)CCOCC2)n1. The van der Waals surface area contributed by atoms with E-state index in [2.05, 4.69) is 15.5 Å². The van der Waals surface area contributed by atoms with Crippen LogP contribution in [0.4, 0.5) is 0 Å². The Bertz CT molecular complexity index is 585. The van der Waals surface area contributed by atoms with Gasteiger partial charge in [0, 0.05) is 38.0 Å². The largest absolute Gasteiger partial charge is 0.381 e. The first-order chi connectivity index (χ1) is 11.2. The zero-order chi connectivity index (χ0) is 17.8. The van der Waals surface area contributed by atoms with Gasteiger partial charge in [-0.1, -0.05) is 25.9 Å². The normalized spacial score (nSPS) is 17.5. The van der Waals surface area contributed by atoms with E-state index in [9.17, 15) is 9.59 Å². The molecule has 8 heteroatoms. The standard InChI is InChI=1S/C16H26N4O4/c1-15(2,3)14-19-12(24-20-14)5-4-11(21)18-10-16(13(17)22)6-8-23-9-7-16/h4-10H2,1-3H3,(H2,17,22)(H,18,21). The Morgan fingerprint density at radius 1 is 1.29 bits per heavy atom. The summed E-state index contributed by atoms with van der Waals surface area (Å²) in [5.41, 5.74) is 4.61. The number of carbonyl (C=O) groups is 2. The number of aryl methyl sites for hydroxylation is 1. The minimum atomic E-state index is -0.711. The zero-order valence-corrected chi connectivity index (χ0v) is 14.6. The van der Waals surface area contributed by atoms with Gasteiger partial charge in [-0.3, -0.25) is 9.59 Å². The molecule has 24 heavy (non-hydrogen) atoms. The molecule has 0 unspecified atom stereocenters. The monoisotopic (exact) mass is 338 g/mol. The van der Waals surface area contributed by atoms with Gasteiger partial charge in [-0.25, -0.2) is 0 Å². The van der Waals surface area contributed by atoms with Crippen molar-refractivity contribution in [3.05, 3.63) is 11.7 Å². The predicted molar refractivity (Wildman–Crippen MR) is 86.0 cm³/mol. The van der Waals surface area contributed by atoms with Crippen LogP contribution in [0.2, 0.25) is 0 Å². The molecule has 0 aliphatic carbocycles. The molecule has 0 bridgehead atoms. The second-order valence-electron chi connectivity index (χ2n) is 7.30. The van der Waals surface area contributed by atoms with Crippen molar-refractivity contribution in [3.8, 4) is 0 Å². The minimum absolute atomic E-state index is 0.169. The topological polar surface area (TPSA) is 120 Å². The third-order valence-electron chi connectivity index (χ3n) is 4.30. The molecule has 1 aromatic rings. The fraction of sp³-hybridized carbons (Fsp3) is 0.750. The van der Waals surface area contributed by atoms with Crippen LogP contribution in [-0.2, 0) is 26.2 Å². The zero-order valence-electron chi connectivity index (χ0n) is 14.6. The molecule has 8 nitrogen and oxygen atoms in total. The molecule has 2 amide bonds. The summed E-state index contributed by atoms with van der Waals surface area (Å²) in [5, 5.41) is 6.72. The van der Waals surface area contributed by atoms with Crippen LogP contribution < -0.4 is 11.1 Å². The van der Waals surface area contributed by atoms with Crippen molar-refractivity contribution < 1.29 is 18.8 Å². The molecule has 1 saturated heterocycles. The maximum absolute atomic E-state index is 12.0. The van der Waals surface area contributed by atoms with Crippen molar-refractivity contribution in [2.24, 2.45) is 11.1 Å². The summed E-state index contributed by atoms with van der Waals surface area (Å²) in [4.78, 5) is 28.1. The minimum Gasteiger partial charge on any atom is -0.381 e. The van der Waals surface area contributed by atoms with Crippen LogP contribution in [0, 0.1) is 5.41 Å². The number of amides is 2. The number of hydrogen-bond donors (Lipinski definition) is 2. The van der Waals surface area contributed by atoms with Crippen molar-refractivity contribution in [1.29, 1.82) is 0 Å². The Morgan fingerprint density at radius 2 is 1.96 bits per heavy atom. The van der Waals surface area contributed by atoms with Gasteiger partial charge >= 0.3 is 0 Å². The van der Waals surface area contributed by atoms with E-state index in [0.717, 1.165) is 0 Å². The van der Waals surface area contributed by atoms with Gasteiger partial charge in [0.25, 0.3) is 0 Å². The van der Waals surface area contributed by atoms with E-state index in [0.29, 0.717) is 44.2 Å². The quantitative estimate of drug-likeness (QED) is 0.787. The molecular formula is C16H26N4O4. The second kappa shape index (κ2) is 7.29. The van der Waals surface area contributed by atoms with Crippen LogP contribution in [0.25, 0.3) is 0 Å². The van der Waals surface area contributed by atoms with Gasteiger partial charge in [-0.2, -0.15) is 4.98 Å². The van der Waals surface area contributed by atoms with Gasteiger partial charge in [0.2, 0.25) is 17.7 Å². The van der Waals surface area contributed by atoms with E-state index in [-0.39, 0.29) is 24.3 Å². The van der Waals surface area contributed by atoms with Crippen LogP contribution in [-0.4, -0.2) is 41.7 Å². The van der Waals surface area contributed by atoms with E-state index >= 15 is 0 Å². The Kier molecular flexibility index (Phi) is 5.58. The molecule has 1 fully saturated rings. The van der Waals surface area contributed by atoms with Gasteiger partial charge in [-0.05, 0) is 12.8 Å². The summed E-state index contributed by atoms with van der Waals surface area (Å²) in [7, 11) is 0. The number of rotatable bonds is 6. The number of carbonyl (C=O) groups excluding carboxylic acids is 2. The van der Waals surface area contributed by atoms with Crippen LogP contribution >= 0.6 is 0 Å². The van der Waals surface area contributed by atoms with Crippen LogP contribution in [0.3, 0.4) is 0 Å². The molecule has 0 spiro atoms. The Hall–Kier alpha value is -1.96. The summed E-state index contributed by atoms with van der Waals surface area (Å²) in [6.45, 7) is 7.18. The Morgan fingerprint density at radius 3 is 2.50 bits per heavy atom. The van der Waals surface area contributed by atoms with Gasteiger partial charge in [-0.15, -0.1) is 0 Å². The lowest BCUT2D eigenvalue weighted by Gasteiger charge is -2.34. The number of ether oxygens (including phenoxy) is 1. The van der Waals surface area contributed by atoms with Crippen molar-refractivity contribution in [2.75, 3.05) is 19.8 Å². The van der Waals surface area contributed by atoms with Crippen molar-refractivity contribution in [1.82, 2.24) is 15.5 Å². The summed E-state index contributed by atoms with van der Waals surface area (Å²) in [6, 6.07) is 0. The maximum Gasteiger partial charge on any atom is 0.227 e. The maximum atomic E-state index is 12.0. The Balaban J connectivity index is 1.83. The van der Waals surface area contributed by atoms with E-state index in [1.165, 1.54) is 0 Å². The molecule has 1 aliphatic heterocycles. The smallest absolute Gasteiger partial charge is 0.227 e. The molecule has 134 valence electrons. The predicted octanol–water partition coefficient (Wildman–Crippen LogP) is 0.698. The highest BCUT2D eigenvalue weighted by atomic mass is 16.5. The lowest BCUT2D eigenvalue weighted by molar-refractivity contribution is -0.134. The molecule has 2 heterocycles. The third-order valence-corrected chi connectivity index (χ3v) is 4.30. The van der Waals surface area contributed by atoms with Crippen LogP contribution in [0.15, 0.2) is 4.52 Å². The summed E-state index contributed by atoms with van der Waals surface area (Å²) in [5.74, 6) is 0.494. The lowest BCUT2D eigenvalue weighted by Crippen LogP contribution is -2.49. The highest BCUT2D eigenvalue weighted by molar-refractivity contribution is 5.83. The van der Waals surface area contributed by atoms with Crippen LogP contribution in [0.5, 0.6) is 0 Å². The third kappa shape index (κ3) is 4.53. The first-order valence-corrected chi connectivity index (χ1v) is 8.20. The lowest BCUT2D eigenvalue weighted by atomic mass is 9.79. The summed E-state index contributed by atoms with van der Waals surface area (Å²) < 4.78 is 10.4. The molecule has 1 aliphatic rings. The first-order valence-electron chi connectivity index (χ1n) is 8.20. The first kappa shape index (κ1) is 18.4. The summed E-state index contributed by atoms with van der Waals surface area (Å²) in [6.07, 6.45) is 1.64. The average Bonchev–Trinajstić information content (AvgIpc) is 3.01. The van der Waals surface area contributed by atoms with Gasteiger partial charge in [0.05, 0.1) is 5.41 Å². The number of hydrogen-bond acceptors (Lipinski definition) is 6. The highest BCUT2D eigenvalue weighted by Gasteiger charge is 2.38. The average molecular weight is 338 g/mol. The number of nitrogens with zero attached hydrogens (tertiary/aromatic N) is 2. The van der Waals surface area contributed by atoms with Gasteiger partial charge in [0.1, 0.15) is 0 Å². The Labute approximate surface area is 141 Å². The second-order valence-corrected chi connectivity index (χ2v) is 7.30. The van der Waals surface area contributed by atoms with Crippen LogP contribution in [0.1, 0.15) is 51.7 Å².